The van der Waals surface area contributed by atoms with E-state index in [4.69, 9.17) is 4.42 Å². The predicted molar refractivity (Wildman–Crippen MR) is 86.0 cm³/mol. The van der Waals surface area contributed by atoms with Crippen molar-refractivity contribution in [2.75, 3.05) is 13.1 Å². The first kappa shape index (κ1) is 13.3. The van der Waals surface area contributed by atoms with Crippen LogP contribution in [0.4, 0.5) is 0 Å². The van der Waals surface area contributed by atoms with E-state index in [0.29, 0.717) is 11.5 Å². The molecule has 0 bridgehead atoms. The lowest BCUT2D eigenvalue weighted by atomic mass is 10.1. The number of fused-ring (bicyclic) bond motifs is 2. The second-order valence-corrected chi connectivity index (χ2v) is 6.04. The van der Waals surface area contributed by atoms with Gasteiger partial charge in [-0.25, -0.2) is 4.98 Å². The number of furan rings is 1. The molecule has 3 heterocycles. The van der Waals surface area contributed by atoms with Crippen LogP contribution < -0.4 is 0 Å². The highest BCUT2D eigenvalue weighted by Gasteiger charge is 2.22. The van der Waals surface area contributed by atoms with Gasteiger partial charge in [0.25, 0.3) is 5.91 Å². The molecule has 0 saturated carbocycles. The number of aromatic nitrogens is 1. The number of likely N-dealkylation sites (tertiary alicyclic amines) is 1. The number of piperidine rings is 1. The third-order valence-corrected chi connectivity index (χ3v) is 4.31. The minimum absolute atomic E-state index is 0.0158. The fourth-order valence-corrected chi connectivity index (χ4v) is 3.09. The number of carbonyl (C=O) groups excluding carboxylic acids is 1. The summed E-state index contributed by atoms with van der Waals surface area (Å²) in [5.74, 6) is 0.384. The van der Waals surface area contributed by atoms with Crippen molar-refractivity contribution in [1.82, 2.24) is 9.88 Å². The quantitative estimate of drug-likeness (QED) is 0.683. The van der Waals surface area contributed by atoms with Crippen molar-refractivity contribution in [2.24, 2.45) is 0 Å². The summed E-state index contributed by atoms with van der Waals surface area (Å²) in [7, 11) is 0. The van der Waals surface area contributed by atoms with Gasteiger partial charge in [0, 0.05) is 23.9 Å². The van der Waals surface area contributed by atoms with Crippen molar-refractivity contribution in [3.05, 3.63) is 41.7 Å². The van der Waals surface area contributed by atoms with Crippen molar-refractivity contribution in [2.45, 2.75) is 26.2 Å². The zero-order valence-electron chi connectivity index (χ0n) is 12.6. The molecule has 1 aromatic carbocycles. The summed E-state index contributed by atoms with van der Waals surface area (Å²) in [6, 6.07) is 10.0. The van der Waals surface area contributed by atoms with Crippen molar-refractivity contribution in [3.8, 4) is 0 Å². The molecule has 0 unspecified atom stereocenters. The molecule has 4 nitrogen and oxygen atoms in total. The molecule has 22 heavy (non-hydrogen) atoms. The number of benzene rings is 1. The van der Waals surface area contributed by atoms with Crippen LogP contribution >= 0.6 is 0 Å². The van der Waals surface area contributed by atoms with Gasteiger partial charge in [0.15, 0.2) is 5.76 Å². The molecule has 0 radical (unpaired) electrons. The van der Waals surface area contributed by atoms with Crippen molar-refractivity contribution in [1.29, 1.82) is 0 Å². The maximum atomic E-state index is 12.5. The second-order valence-electron chi connectivity index (χ2n) is 6.04. The third kappa shape index (κ3) is 2.25. The Balaban J connectivity index is 1.76. The first-order chi connectivity index (χ1) is 10.7. The van der Waals surface area contributed by atoms with Gasteiger partial charge >= 0.3 is 0 Å². The minimum Gasteiger partial charge on any atom is -0.433 e. The largest absolute Gasteiger partial charge is 0.433 e. The van der Waals surface area contributed by atoms with Crippen LogP contribution in [0, 0.1) is 6.92 Å². The molecule has 1 aliphatic heterocycles. The molecule has 1 aliphatic rings. The maximum absolute atomic E-state index is 12.5. The van der Waals surface area contributed by atoms with Crippen molar-refractivity contribution in [3.63, 3.8) is 0 Å². The third-order valence-electron chi connectivity index (χ3n) is 4.31. The molecule has 2 aromatic heterocycles. The van der Waals surface area contributed by atoms with E-state index in [1.54, 1.807) is 0 Å². The topological polar surface area (TPSA) is 46.3 Å². The Hall–Kier alpha value is -2.36. The fraction of sp³-hybridized carbons (Fsp3) is 0.333. The summed E-state index contributed by atoms with van der Waals surface area (Å²) in [5.41, 5.74) is 2.60. The molecule has 112 valence electrons. The zero-order valence-corrected chi connectivity index (χ0v) is 12.6. The summed E-state index contributed by atoms with van der Waals surface area (Å²) in [5, 5.41) is 1.95. The van der Waals surface area contributed by atoms with Crippen LogP contribution in [-0.2, 0) is 0 Å². The van der Waals surface area contributed by atoms with Crippen LogP contribution in [0.3, 0.4) is 0 Å². The minimum atomic E-state index is -0.0158. The lowest BCUT2D eigenvalue weighted by Gasteiger charge is -2.25. The number of rotatable bonds is 1. The molecule has 0 atom stereocenters. The molecule has 4 rings (SSSR count). The van der Waals surface area contributed by atoms with E-state index in [9.17, 15) is 4.79 Å². The van der Waals surface area contributed by atoms with Gasteiger partial charge < -0.3 is 9.32 Å². The molecule has 1 fully saturated rings. The number of hydrogen-bond donors (Lipinski definition) is 0. The lowest BCUT2D eigenvalue weighted by Crippen LogP contribution is -2.35. The highest BCUT2D eigenvalue weighted by atomic mass is 16.4. The SMILES string of the molecule is Cc1ccc2cc3cc(C(=O)N4CCCCC4)oc3nc2c1. The van der Waals surface area contributed by atoms with Gasteiger partial charge in [-0.1, -0.05) is 12.1 Å². The first-order valence-corrected chi connectivity index (χ1v) is 7.81. The zero-order chi connectivity index (χ0) is 15.1. The molecular weight excluding hydrogens is 276 g/mol. The average Bonchev–Trinajstić information content (AvgIpc) is 2.95. The number of pyridine rings is 1. The van der Waals surface area contributed by atoms with Gasteiger partial charge in [0.05, 0.1) is 5.52 Å². The van der Waals surface area contributed by atoms with Gasteiger partial charge in [-0.2, -0.15) is 0 Å². The van der Waals surface area contributed by atoms with E-state index >= 15 is 0 Å². The van der Waals surface area contributed by atoms with Crippen LogP contribution in [0.25, 0.3) is 22.0 Å². The normalized spacial score (nSPS) is 15.6. The molecular formula is C18H18N2O2. The van der Waals surface area contributed by atoms with E-state index in [1.165, 1.54) is 6.42 Å². The van der Waals surface area contributed by atoms with Crippen molar-refractivity contribution >= 4 is 27.9 Å². The Morgan fingerprint density at radius 3 is 2.73 bits per heavy atom. The summed E-state index contributed by atoms with van der Waals surface area (Å²) >= 11 is 0. The molecule has 1 amide bonds. The standard InChI is InChI=1S/C18H18N2O2/c1-12-5-6-13-10-14-11-16(22-17(14)19-15(13)9-12)18(21)20-7-3-2-4-8-20/h5-6,9-11H,2-4,7-8H2,1H3. The van der Waals surface area contributed by atoms with Gasteiger partial charge in [0.1, 0.15) is 0 Å². The molecule has 0 aliphatic carbocycles. The number of aryl methyl sites for hydroxylation is 1. The number of carbonyl (C=O) groups is 1. The van der Waals surface area contributed by atoms with Gasteiger partial charge in [-0.3, -0.25) is 4.79 Å². The van der Waals surface area contributed by atoms with E-state index in [0.717, 1.165) is 47.8 Å². The number of amides is 1. The van der Waals surface area contributed by atoms with Crippen LogP contribution in [0.5, 0.6) is 0 Å². The maximum Gasteiger partial charge on any atom is 0.289 e. The monoisotopic (exact) mass is 294 g/mol. The molecule has 4 heteroatoms. The number of nitrogens with zero attached hydrogens (tertiary/aromatic N) is 2. The summed E-state index contributed by atoms with van der Waals surface area (Å²) < 4.78 is 5.73. The second kappa shape index (κ2) is 5.13. The Bertz CT molecular complexity index is 860. The molecule has 0 spiro atoms. The van der Waals surface area contributed by atoms with Crippen LogP contribution in [0.15, 0.2) is 34.7 Å². The highest BCUT2D eigenvalue weighted by molar-refractivity contribution is 5.98. The molecule has 3 aromatic rings. The Labute approximate surface area is 128 Å². The predicted octanol–water partition coefficient (Wildman–Crippen LogP) is 3.92. The van der Waals surface area contributed by atoms with Crippen LogP contribution in [0.1, 0.15) is 35.4 Å². The van der Waals surface area contributed by atoms with E-state index in [2.05, 4.69) is 17.1 Å². The molecule has 1 saturated heterocycles. The van der Waals surface area contributed by atoms with E-state index in [-0.39, 0.29) is 5.91 Å². The van der Waals surface area contributed by atoms with Crippen LogP contribution in [-0.4, -0.2) is 28.9 Å². The van der Waals surface area contributed by atoms with E-state index < -0.39 is 0 Å². The fourth-order valence-electron chi connectivity index (χ4n) is 3.09. The Morgan fingerprint density at radius 1 is 1.09 bits per heavy atom. The smallest absolute Gasteiger partial charge is 0.289 e. The lowest BCUT2D eigenvalue weighted by molar-refractivity contribution is 0.0694. The molecule has 0 N–H and O–H groups in total. The summed E-state index contributed by atoms with van der Waals surface area (Å²) in [6.07, 6.45) is 3.36. The van der Waals surface area contributed by atoms with Gasteiger partial charge in [-0.05, 0) is 49.9 Å². The average molecular weight is 294 g/mol. The first-order valence-electron chi connectivity index (χ1n) is 7.81. The van der Waals surface area contributed by atoms with Crippen molar-refractivity contribution < 1.29 is 9.21 Å². The summed E-state index contributed by atoms with van der Waals surface area (Å²) in [4.78, 5) is 19.0. The summed E-state index contributed by atoms with van der Waals surface area (Å²) in [6.45, 7) is 3.69. The Morgan fingerprint density at radius 2 is 1.91 bits per heavy atom. The van der Waals surface area contributed by atoms with E-state index in [1.807, 2.05) is 30.0 Å². The van der Waals surface area contributed by atoms with Crippen LogP contribution in [0.2, 0.25) is 0 Å². The van der Waals surface area contributed by atoms with Gasteiger partial charge in [-0.15, -0.1) is 0 Å². The highest BCUT2D eigenvalue weighted by Crippen LogP contribution is 2.25. The van der Waals surface area contributed by atoms with Gasteiger partial charge in [0.2, 0.25) is 5.71 Å². The Kier molecular flexibility index (Phi) is 3.10. The number of hydrogen-bond acceptors (Lipinski definition) is 3.